The Balaban J connectivity index is 2.32. The molecule has 0 bridgehead atoms. The van der Waals surface area contributed by atoms with Crippen LogP contribution in [0.5, 0.6) is 0 Å². The molecule has 1 aliphatic carbocycles. The fourth-order valence-electron chi connectivity index (χ4n) is 2.76. The number of hydrogen-bond donors (Lipinski definition) is 1. The Morgan fingerprint density at radius 2 is 1.89 bits per heavy atom. The number of nitrogens with one attached hydrogen (secondary N) is 1. The number of sulfonamides is 1. The summed E-state index contributed by atoms with van der Waals surface area (Å²) in [4.78, 5) is 0.356. The Bertz CT molecular complexity index is 563. The lowest BCUT2D eigenvalue weighted by molar-refractivity contribution is 0.432. The quantitative estimate of drug-likeness (QED) is 0.869. The maximum absolute atomic E-state index is 12.5. The molecule has 0 aromatic heterocycles. The van der Waals surface area contributed by atoms with Crippen molar-refractivity contribution in [2.24, 2.45) is 0 Å². The van der Waals surface area contributed by atoms with Gasteiger partial charge >= 0.3 is 0 Å². The maximum Gasteiger partial charge on any atom is 0.241 e. The van der Waals surface area contributed by atoms with Crippen molar-refractivity contribution in [3.8, 4) is 0 Å². The van der Waals surface area contributed by atoms with Gasteiger partial charge < -0.3 is 0 Å². The van der Waals surface area contributed by atoms with Gasteiger partial charge in [0.2, 0.25) is 10.0 Å². The fourth-order valence-corrected chi connectivity index (χ4v) is 4.86. The fraction of sp³-hybridized carbons (Fsp3) is 0.571. The highest BCUT2D eigenvalue weighted by Crippen LogP contribution is 2.32. The van der Waals surface area contributed by atoms with Crippen molar-refractivity contribution in [3.05, 3.63) is 29.3 Å². The molecular formula is C14H20ClNO2S. The van der Waals surface area contributed by atoms with E-state index >= 15 is 0 Å². The third-order valence-corrected chi connectivity index (χ3v) is 6.04. The van der Waals surface area contributed by atoms with E-state index in [9.17, 15) is 8.42 Å². The molecule has 0 saturated heterocycles. The first-order valence-electron chi connectivity index (χ1n) is 6.56. The van der Waals surface area contributed by atoms with Crippen molar-refractivity contribution in [1.82, 2.24) is 4.72 Å². The van der Waals surface area contributed by atoms with Gasteiger partial charge in [-0.05, 0) is 38.3 Å². The van der Waals surface area contributed by atoms with E-state index < -0.39 is 15.6 Å². The SMILES string of the molecule is Cc1ccc(S(=O)(=O)NC2(CCl)CCCC2)c(C)c1. The van der Waals surface area contributed by atoms with E-state index in [-0.39, 0.29) is 0 Å². The van der Waals surface area contributed by atoms with Gasteiger partial charge in [0.25, 0.3) is 0 Å². The van der Waals surface area contributed by atoms with E-state index in [1.54, 1.807) is 6.07 Å². The first-order valence-corrected chi connectivity index (χ1v) is 8.58. The summed E-state index contributed by atoms with van der Waals surface area (Å²) in [5, 5.41) is 0. The predicted octanol–water partition coefficient (Wildman–Crippen LogP) is 3.13. The average molecular weight is 302 g/mol. The Morgan fingerprint density at radius 1 is 1.26 bits per heavy atom. The smallest absolute Gasteiger partial charge is 0.207 e. The third-order valence-electron chi connectivity index (χ3n) is 3.79. The molecule has 0 amide bonds. The largest absolute Gasteiger partial charge is 0.241 e. The molecule has 1 fully saturated rings. The molecule has 0 atom stereocenters. The van der Waals surface area contributed by atoms with E-state index in [4.69, 9.17) is 11.6 Å². The Kier molecular flexibility index (Phi) is 4.23. The Labute approximate surface area is 120 Å². The molecule has 0 aliphatic heterocycles. The van der Waals surface area contributed by atoms with Gasteiger partial charge in [-0.15, -0.1) is 11.6 Å². The highest BCUT2D eigenvalue weighted by atomic mass is 35.5. The van der Waals surface area contributed by atoms with Crippen LogP contribution in [-0.4, -0.2) is 19.8 Å². The van der Waals surface area contributed by atoms with Crippen molar-refractivity contribution in [2.75, 3.05) is 5.88 Å². The lowest BCUT2D eigenvalue weighted by atomic mass is 10.0. The standard InChI is InChI=1S/C14H20ClNO2S/c1-11-5-6-13(12(2)9-11)19(17,18)16-14(10-15)7-3-4-8-14/h5-6,9,16H,3-4,7-8,10H2,1-2H3. The monoisotopic (exact) mass is 301 g/mol. The van der Waals surface area contributed by atoms with Crippen molar-refractivity contribution in [1.29, 1.82) is 0 Å². The van der Waals surface area contributed by atoms with Gasteiger partial charge in [-0.25, -0.2) is 13.1 Å². The third kappa shape index (κ3) is 3.12. The van der Waals surface area contributed by atoms with Gasteiger partial charge in [0.15, 0.2) is 0 Å². The molecule has 19 heavy (non-hydrogen) atoms. The Morgan fingerprint density at radius 3 is 2.42 bits per heavy atom. The minimum atomic E-state index is -3.50. The van der Waals surface area contributed by atoms with Crippen LogP contribution in [0.25, 0.3) is 0 Å². The molecule has 1 aliphatic rings. The van der Waals surface area contributed by atoms with E-state index in [1.165, 1.54) is 0 Å². The molecule has 0 heterocycles. The van der Waals surface area contributed by atoms with Gasteiger partial charge in [-0.1, -0.05) is 30.5 Å². The van der Waals surface area contributed by atoms with E-state index in [0.29, 0.717) is 10.8 Å². The molecule has 1 N–H and O–H groups in total. The van der Waals surface area contributed by atoms with Crippen molar-refractivity contribution in [2.45, 2.75) is 50.0 Å². The summed E-state index contributed by atoms with van der Waals surface area (Å²) in [6.45, 7) is 3.78. The highest BCUT2D eigenvalue weighted by molar-refractivity contribution is 7.89. The number of alkyl halides is 1. The lowest BCUT2D eigenvalue weighted by Crippen LogP contribution is -2.47. The molecule has 5 heteroatoms. The first-order chi connectivity index (χ1) is 8.88. The van der Waals surface area contributed by atoms with Gasteiger partial charge in [0.1, 0.15) is 0 Å². The van der Waals surface area contributed by atoms with Gasteiger partial charge in [0, 0.05) is 11.4 Å². The summed E-state index contributed by atoms with van der Waals surface area (Å²) in [6, 6.07) is 5.38. The van der Waals surface area contributed by atoms with Gasteiger partial charge in [-0.3, -0.25) is 0 Å². The normalized spacial score (nSPS) is 18.7. The number of halogens is 1. The van der Waals surface area contributed by atoms with Crippen LogP contribution >= 0.6 is 11.6 Å². The highest BCUT2D eigenvalue weighted by Gasteiger charge is 2.37. The van der Waals surface area contributed by atoms with Gasteiger partial charge in [-0.2, -0.15) is 0 Å². The second-order valence-electron chi connectivity index (χ2n) is 5.50. The molecule has 1 saturated carbocycles. The zero-order valence-electron chi connectivity index (χ0n) is 11.4. The summed E-state index contributed by atoms with van der Waals surface area (Å²) in [5.41, 5.74) is 1.37. The zero-order chi connectivity index (χ0) is 14.1. The van der Waals surface area contributed by atoms with Gasteiger partial charge in [0.05, 0.1) is 4.90 Å². The first kappa shape index (κ1) is 14.8. The van der Waals surface area contributed by atoms with Crippen molar-refractivity contribution >= 4 is 21.6 Å². The molecule has 106 valence electrons. The zero-order valence-corrected chi connectivity index (χ0v) is 12.9. The van der Waals surface area contributed by atoms with Crippen LogP contribution in [0.3, 0.4) is 0 Å². The number of rotatable bonds is 4. The van der Waals surface area contributed by atoms with E-state index in [2.05, 4.69) is 4.72 Å². The van der Waals surface area contributed by atoms with Crippen LogP contribution in [0, 0.1) is 13.8 Å². The number of hydrogen-bond acceptors (Lipinski definition) is 2. The predicted molar refractivity (Wildman–Crippen MR) is 78.2 cm³/mol. The average Bonchev–Trinajstić information content (AvgIpc) is 2.77. The summed E-state index contributed by atoms with van der Waals surface area (Å²) in [5.74, 6) is 0.330. The van der Waals surface area contributed by atoms with Crippen LogP contribution in [0.1, 0.15) is 36.8 Å². The second-order valence-corrected chi connectivity index (χ2v) is 7.41. The lowest BCUT2D eigenvalue weighted by Gasteiger charge is -2.27. The second kappa shape index (κ2) is 5.43. The summed E-state index contributed by atoms with van der Waals surface area (Å²) >= 11 is 6.00. The summed E-state index contributed by atoms with van der Waals surface area (Å²) in [6.07, 6.45) is 3.70. The molecule has 0 spiro atoms. The minimum absolute atomic E-state index is 0.330. The molecule has 1 aromatic rings. The molecule has 1 aromatic carbocycles. The summed E-state index contributed by atoms with van der Waals surface area (Å²) in [7, 11) is -3.50. The number of aryl methyl sites for hydroxylation is 2. The summed E-state index contributed by atoms with van der Waals surface area (Å²) < 4.78 is 27.9. The van der Waals surface area contributed by atoms with Crippen LogP contribution in [0.2, 0.25) is 0 Å². The molecule has 0 unspecified atom stereocenters. The number of benzene rings is 1. The minimum Gasteiger partial charge on any atom is -0.207 e. The maximum atomic E-state index is 12.5. The van der Waals surface area contributed by atoms with E-state index in [0.717, 1.165) is 36.8 Å². The van der Waals surface area contributed by atoms with Crippen molar-refractivity contribution < 1.29 is 8.42 Å². The topological polar surface area (TPSA) is 46.2 Å². The Hall–Kier alpha value is -0.580. The van der Waals surface area contributed by atoms with Crippen LogP contribution < -0.4 is 4.72 Å². The van der Waals surface area contributed by atoms with Crippen LogP contribution in [-0.2, 0) is 10.0 Å². The molecular weight excluding hydrogens is 282 g/mol. The molecule has 2 rings (SSSR count). The molecule has 3 nitrogen and oxygen atoms in total. The van der Waals surface area contributed by atoms with Crippen molar-refractivity contribution in [3.63, 3.8) is 0 Å². The van der Waals surface area contributed by atoms with Crippen LogP contribution in [0.4, 0.5) is 0 Å². The molecule has 0 radical (unpaired) electrons. The van der Waals surface area contributed by atoms with E-state index in [1.807, 2.05) is 26.0 Å². The van der Waals surface area contributed by atoms with Crippen LogP contribution in [0.15, 0.2) is 23.1 Å².